The molecule has 1 aromatic heterocycles. The first-order chi connectivity index (χ1) is 12.3. The zero-order chi connectivity index (χ0) is 18.7. The third kappa shape index (κ3) is 4.52. The number of nitrogens with zero attached hydrogens (tertiary/aromatic N) is 1. The number of carbonyl (C=O) groups excluding carboxylic acids is 1. The van der Waals surface area contributed by atoms with Crippen molar-refractivity contribution in [2.45, 2.75) is 3.79 Å². The Hall–Kier alpha value is -2.14. The second-order valence-corrected chi connectivity index (χ2v) is 7.73. The highest BCUT2D eigenvalue weighted by Crippen LogP contribution is 2.29. The summed E-state index contributed by atoms with van der Waals surface area (Å²) in [5.41, 5.74) is 3.45. The van der Waals surface area contributed by atoms with E-state index in [0.29, 0.717) is 17.1 Å². The van der Waals surface area contributed by atoms with Crippen LogP contribution in [0.1, 0.15) is 0 Å². The summed E-state index contributed by atoms with van der Waals surface area (Å²) in [7, 11) is 0. The normalized spacial score (nSPS) is 11.2. The zero-order valence-electron chi connectivity index (χ0n) is 13.2. The molecule has 2 aromatic carbocycles. The number of hydrogen-bond acceptors (Lipinski definition) is 2. The summed E-state index contributed by atoms with van der Waals surface area (Å²) < 4.78 is 11.1. The van der Waals surface area contributed by atoms with E-state index >= 15 is 0 Å². The van der Waals surface area contributed by atoms with Crippen molar-refractivity contribution < 1.29 is 9.18 Å². The molecule has 3 rings (SSSR count). The monoisotopic (exact) mass is 408 g/mol. The number of alkyl halides is 3. The lowest BCUT2D eigenvalue weighted by molar-refractivity contribution is -0.115. The van der Waals surface area contributed by atoms with Gasteiger partial charge in [0.05, 0.1) is 11.4 Å². The molecule has 3 nitrogen and oxygen atoms in total. The number of halogens is 4. The minimum absolute atomic E-state index is 0.303. The Labute approximate surface area is 164 Å². The van der Waals surface area contributed by atoms with Crippen LogP contribution in [-0.2, 0) is 4.79 Å². The van der Waals surface area contributed by atoms with E-state index in [0.717, 1.165) is 11.1 Å². The van der Waals surface area contributed by atoms with Gasteiger partial charge in [-0.15, -0.1) is 0 Å². The highest BCUT2D eigenvalue weighted by molar-refractivity contribution is 6.76. The number of aromatic nitrogens is 1. The number of pyridine rings is 1. The third-order valence-corrected chi connectivity index (χ3v) is 4.08. The van der Waals surface area contributed by atoms with Gasteiger partial charge >= 0.3 is 0 Å². The van der Waals surface area contributed by atoms with E-state index in [-0.39, 0.29) is 5.82 Å². The molecule has 26 heavy (non-hydrogen) atoms. The van der Waals surface area contributed by atoms with E-state index in [2.05, 4.69) is 10.3 Å². The summed E-state index contributed by atoms with van der Waals surface area (Å²) >= 11 is 16.7. The minimum atomic E-state index is -2.04. The molecule has 0 spiro atoms. The Bertz CT molecular complexity index is 940. The molecule has 1 N–H and O–H groups in total. The largest absolute Gasteiger partial charge is 0.322 e. The summed E-state index contributed by atoms with van der Waals surface area (Å²) in [5.74, 6) is -1.05. The van der Waals surface area contributed by atoms with Crippen LogP contribution in [-0.4, -0.2) is 14.7 Å². The smallest absolute Gasteiger partial charge is 0.276 e. The Kier molecular flexibility index (Phi) is 5.47. The van der Waals surface area contributed by atoms with Crippen molar-refractivity contribution in [2.75, 3.05) is 5.32 Å². The molecular formula is C19H12Cl3FN2O. The van der Waals surface area contributed by atoms with Crippen LogP contribution < -0.4 is 5.32 Å². The highest BCUT2D eigenvalue weighted by Gasteiger charge is 2.30. The Morgan fingerprint density at radius 1 is 0.885 bits per heavy atom. The molecule has 1 heterocycles. The third-order valence-electron chi connectivity index (χ3n) is 3.56. The minimum Gasteiger partial charge on any atom is -0.322 e. The van der Waals surface area contributed by atoms with E-state index in [4.69, 9.17) is 34.8 Å². The first-order valence-corrected chi connectivity index (χ1v) is 8.68. The van der Waals surface area contributed by atoms with Gasteiger partial charge in [-0.3, -0.25) is 4.79 Å². The predicted octanol–water partition coefficient (Wildman–Crippen LogP) is 5.86. The SMILES string of the molecule is O=C(Nc1cccc(-c2cccc(-c3ccc(F)cc3)n2)c1)C(Cl)(Cl)Cl. The van der Waals surface area contributed by atoms with Crippen LogP contribution in [0.3, 0.4) is 0 Å². The average Bonchev–Trinajstić information content (AvgIpc) is 2.62. The van der Waals surface area contributed by atoms with Gasteiger partial charge in [-0.25, -0.2) is 9.37 Å². The van der Waals surface area contributed by atoms with Crippen molar-refractivity contribution in [3.05, 3.63) is 72.5 Å². The van der Waals surface area contributed by atoms with Gasteiger partial charge in [-0.05, 0) is 48.5 Å². The standard InChI is InChI=1S/C19H12Cl3FN2O/c20-19(21,22)18(26)24-15-4-1-3-13(11-15)17-6-2-5-16(25-17)12-7-9-14(23)10-8-12/h1-11H,(H,24,26). The summed E-state index contributed by atoms with van der Waals surface area (Å²) in [6.07, 6.45) is 0. The predicted molar refractivity (Wildman–Crippen MR) is 104 cm³/mol. The van der Waals surface area contributed by atoms with Crippen molar-refractivity contribution in [1.29, 1.82) is 0 Å². The van der Waals surface area contributed by atoms with Gasteiger partial charge in [0.25, 0.3) is 9.70 Å². The van der Waals surface area contributed by atoms with E-state index in [1.165, 1.54) is 12.1 Å². The molecule has 0 unspecified atom stereocenters. The molecule has 7 heteroatoms. The average molecular weight is 410 g/mol. The number of amides is 1. The summed E-state index contributed by atoms with van der Waals surface area (Å²) in [4.78, 5) is 16.4. The van der Waals surface area contributed by atoms with Gasteiger partial charge in [0.1, 0.15) is 5.82 Å². The van der Waals surface area contributed by atoms with Gasteiger partial charge in [0.2, 0.25) is 0 Å². The molecule has 0 radical (unpaired) electrons. The van der Waals surface area contributed by atoms with Crippen LogP contribution in [0, 0.1) is 5.82 Å². The number of benzene rings is 2. The molecule has 0 aliphatic rings. The van der Waals surface area contributed by atoms with Crippen molar-refractivity contribution >= 4 is 46.4 Å². The van der Waals surface area contributed by atoms with Gasteiger partial charge in [-0.1, -0.05) is 53.0 Å². The van der Waals surface area contributed by atoms with Crippen LogP contribution in [0.4, 0.5) is 10.1 Å². The molecule has 0 aliphatic carbocycles. The molecule has 132 valence electrons. The van der Waals surface area contributed by atoms with Crippen LogP contribution in [0.5, 0.6) is 0 Å². The maximum absolute atomic E-state index is 13.1. The molecule has 0 fully saturated rings. The van der Waals surface area contributed by atoms with Crippen molar-refractivity contribution in [1.82, 2.24) is 4.98 Å². The number of nitrogens with one attached hydrogen (secondary N) is 1. The first kappa shape index (κ1) is 18.6. The van der Waals surface area contributed by atoms with Crippen LogP contribution in [0.25, 0.3) is 22.5 Å². The van der Waals surface area contributed by atoms with Gasteiger partial charge in [-0.2, -0.15) is 0 Å². The fourth-order valence-corrected chi connectivity index (χ4v) is 2.48. The molecule has 1 amide bonds. The molecule has 0 atom stereocenters. The summed E-state index contributed by atoms with van der Waals surface area (Å²) in [6, 6.07) is 18.6. The number of anilines is 1. The van der Waals surface area contributed by atoms with Crippen molar-refractivity contribution in [2.24, 2.45) is 0 Å². The van der Waals surface area contributed by atoms with Crippen LogP contribution in [0.15, 0.2) is 66.7 Å². The van der Waals surface area contributed by atoms with Crippen molar-refractivity contribution in [3.63, 3.8) is 0 Å². The number of rotatable bonds is 3. The van der Waals surface area contributed by atoms with Crippen molar-refractivity contribution in [3.8, 4) is 22.5 Å². The Balaban J connectivity index is 1.90. The van der Waals surface area contributed by atoms with Gasteiger partial charge in [0.15, 0.2) is 0 Å². The van der Waals surface area contributed by atoms with Crippen LogP contribution >= 0.6 is 34.8 Å². The first-order valence-electron chi connectivity index (χ1n) is 7.54. The number of hydrogen-bond donors (Lipinski definition) is 1. The van der Waals surface area contributed by atoms with E-state index in [1.54, 1.807) is 30.3 Å². The molecular weight excluding hydrogens is 398 g/mol. The second-order valence-electron chi connectivity index (χ2n) is 5.45. The lowest BCUT2D eigenvalue weighted by Gasteiger charge is -2.12. The maximum atomic E-state index is 13.1. The fraction of sp³-hybridized carbons (Fsp3) is 0.0526. The molecule has 0 aliphatic heterocycles. The maximum Gasteiger partial charge on any atom is 0.276 e. The summed E-state index contributed by atoms with van der Waals surface area (Å²) in [6.45, 7) is 0. The van der Waals surface area contributed by atoms with Gasteiger partial charge in [0, 0.05) is 16.8 Å². The molecule has 0 saturated heterocycles. The van der Waals surface area contributed by atoms with E-state index < -0.39 is 9.70 Å². The highest BCUT2D eigenvalue weighted by atomic mass is 35.6. The second kappa shape index (κ2) is 7.62. The quantitative estimate of drug-likeness (QED) is 0.550. The summed E-state index contributed by atoms with van der Waals surface area (Å²) in [5, 5.41) is 2.54. The lowest BCUT2D eigenvalue weighted by atomic mass is 10.1. The van der Waals surface area contributed by atoms with E-state index in [1.807, 2.05) is 24.3 Å². The lowest BCUT2D eigenvalue weighted by Crippen LogP contribution is -2.26. The topological polar surface area (TPSA) is 42.0 Å². The Morgan fingerprint density at radius 2 is 1.50 bits per heavy atom. The zero-order valence-corrected chi connectivity index (χ0v) is 15.5. The van der Waals surface area contributed by atoms with Crippen LogP contribution in [0.2, 0.25) is 0 Å². The molecule has 3 aromatic rings. The Morgan fingerprint density at radius 3 is 2.15 bits per heavy atom. The van der Waals surface area contributed by atoms with Gasteiger partial charge < -0.3 is 5.32 Å². The fourth-order valence-electron chi connectivity index (χ4n) is 2.34. The van der Waals surface area contributed by atoms with E-state index in [9.17, 15) is 9.18 Å². The number of carbonyl (C=O) groups is 1. The molecule has 0 saturated carbocycles. The molecule has 0 bridgehead atoms.